The largest absolute Gasteiger partial charge is 0.388 e. The summed E-state index contributed by atoms with van der Waals surface area (Å²) >= 11 is 0. The summed E-state index contributed by atoms with van der Waals surface area (Å²) < 4.78 is 25.8. The van der Waals surface area contributed by atoms with Crippen molar-refractivity contribution < 1.29 is 8.42 Å². The highest BCUT2D eigenvalue weighted by Crippen LogP contribution is 2.10. The second kappa shape index (κ2) is 5.08. The summed E-state index contributed by atoms with van der Waals surface area (Å²) in [5, 5.41) is 13.2. The summed E-state index contributed by atoms with van der Waals surface area (Å²) in [4.78, 5) is 0.148. The number of amidine groups is 1. The van der Waals surface area contributed by atoms with Crippen molar-refractivity contribution in [2.24, 2.45) is 5.73 Å². The van der Waals surface area contributed by atoms with Crippen molar-refractivity contribution in [2.75, 3.05) is 6.54 Å². The van der Waals surface area contributed by atoms with Crippen LogP contribution in [0.25, 0.3) is 0 Å². The first kappa shape index (κ1) is 12.7. The standard InChI is InChI=1S/C8H15N5O2S/c1-6-7(5-11-13-6)16(14,15)12-4-2-3-8(9)10/h5,12H,2-4H2,1H3,(H3,9,10)(H,11,13). The van der Waals surface area contributed by atoms with Gasteiger partial charge in [-0.15, -0.1) is 0 Å². The third-order valence-corrected chi connectivity index (χ3v) is 3.56. The van der Waals surface area contributed by atoms with Gasteiger partial charge in [0.1, 0.15) is 4.90 Å². The number of aromatic amines is 1. The Morgan fingerprint density at radius 3 is 2.88 bits per heavy atom. The van der Waals surface area contributed by atoms with Crippen molar-refractivity contribution in [3.8, 4) is 0 Å². The number of sulfonamides is 1. The molecule has 90 valence electrons. The zero-order chi connectivity index (χ0) is 12.2. The number of aromatic nitrogens is 2. The highest BCUT2D eigenvalue weighted by molar-refractivity contribution is 7.89. The minimum Gasteiger partial charge on any atom is -0.388 e. The van der Waals surface area contributed by atoms with Gasteiger partial charge in [0, 0.05) is 13.0 Å². The molecule has 0 aromatic carbocycles. The van der Waals surface area contributed by atoms with Crippen LogP contribution < -0.4 is 10.5 Å². The predicted octanol–water partition coefficient (Wildman–Crippen LogP) is -0.287. The normalized spacial score (nSPS) is 11.6. The lowest BCUT2D eigenvalue weighted by Gasteiger charge is -2.04. The van der Waals surface area contributed by atoms with Gasteiger partial charge in [0.15, 0.2) is 0 Å². The van der Waals surface area contributed by atoms with Gasteiger partial charge in [-0.3, -0.25) is 10.5 Å². The van der Waals surface area contributed by atoms with E-state index in [4.69, 9.17) is 11.1 Å². The minimum atomic E-state index is -3.50. The molecule has 8 heteroatoms. The zero-order valence-corrected chi connectivity index (χ0v) is 9.76. The van der Waals surface area contributed by atoms with Gasteiger partial charge in [0.25, 0.3) is 0 Å². The molecule has 0 fully saturated rings. The monoisotopic (exact) mass is 245 g/mol. The van der Waals surface area contributed by atoms with Crippen LogP contribution in [0.5, 0.6) is 0 Å². The van der Waals surface area contributed by atoms with Gasteiger partial charge < -0.3 is 5.73 Å². The van der Waals surface area contributed by atoms with Gasteiger partial charge in [-0.25, -0.2) is 13.1 Å². The average Bonchev–Trinajstić information content (AvgIpc) is 2.59. The lowest BCUT2D eigenvalue weighted by atomic mass is 10.3. The summed E-state index contributed by atoms with van der Waals surface area (Å²) in [6.07, 6.45) is 2.15. The number of hydrogen-bond donors (Lipinski definition) is 4. The molecular weight excluding hydrogens is 230 g/mol. The second-order valence-corrected chi connectivity index (χ2v) is 5.12. The average molecular weight is 245 g/mol. The summed E-state index contributed by atoms with van der Waals surface area (Å²) in [5.41, 5.74) is 5.65. The molecule has 0 saturated carbocycles. The number of nitrogens with one attached hydrogen (secondary N) is 3. The minimum absolute atomic E-state index is 0.0543. The van der Waals surface area contributed by atoms with Crippen LogP contribution in [0.1, 0.15) is 18.5 Å². The maximum atomic E-state index is 11.7. The summed E-state index contributed by atoms with van der Waals surface area (Å²) in [6, 6.07) is 0. The molecule has 0 bridgehead atoms. The first-order chi connectivity index (χ1) is 7.43. The summed E-state index contributed by atoms with van der Waals surface area (Å²) in [7, 11) is -3.50. The smallest absolute Gasteiger partial charge is 0.243 e. The van der Waals surface area contributed by atoms with Crippen molar-refractivity contribution in [1.29, 1.82) is 5.41 Å². The van der Waals surface area contributed by atoms with Crippen molar-refractivity contribution >= 4 is 15.9 Å². The van der Waals surface area contributed by atoms with Gasteiger partial charge in [-0.1, -0.05) is 0 Å². The zero-order valence-electron chi connectivity index (χ0n) is 8.95. The Labute approximate surface area is 94.0 Å². The van der Waals surface area contributed by atoms with Crippen LogP contribution in [0, 0.1) is 12.3 Å². The molecule has 1 heterocycles. The fourth-order valence-corrected chi connectivity index (χ4v) is 2.38. The fourth-order valence-electron chi connectivity index (χ4n) is 1.17. The van der Waals surface area contributed by atoms with Crippen LogP contribution in [0.4, 0.5) is 0 Å². The van der Waals surface area contributed by atoms with E-state index in [0.29, 0.717) is 18.5 Å². The first-order valence-electron chi connectivity index (χ1n) is 4.76. The third kappa shape index (κ3) is 3.31. The molecular formula is C8H15N5O2S. The van der Waals surface area contributed by atoms with Crippen LogP contribution >= 0.6 is 0 Å². The maximum Gasteiger partial charge on any atom is 0.243 e. The molecule has 0 aliphatic heterocycles. The Bertz CT molecular complexity index is 465. The van der Waals surface area contributed by atoms with E-state index in [-0.39, 0.29) is 17.3 Å². The van der Waals surface area contributed by atoms with E-state index in [1.165, 1.54) is 6.20 Å². The number of hydrogen-bond acceptors (Lipinski definition) is 4. The maximum absolute atomic E-state index is 11.7. The molecule has 16 heavy (non-hydrogen) atoms. The van der Waals surface area contributed by atoms with Crippen molar-refractivity contribution in [3.05, 3.63) is 11.9 Å². The lowest BCUT2D eigenvalue weighted by molar-refractivity contribution is 0.579. The Morgan fingerprint density at radius 1 is 1.69 bits per heavy atom. The molecule has 5 N–H and O–H groups in total. The molecule has 0 spiro atoms. The quantitative estimate of drug-likeness (QED) is 0.312. The van der Waals surface area contributed by atoms with Crippen molar-refractivity contribution in [3.63, 3.8) is 0 Å². The Balaban J connectivity index is 2.54. The molecule has 0 saturated heterocycles. The molecule has 1 aromatic rings. The van der Waals surface area contributed by atoms with Gasteiger partial charge in [-0.2, -0.15) is 5.10 Å². The van der Waals surface area contributed by atoms with E-state index in [1.54, 1.807) is 6.92 Å². The van der Waals surface area contributed by atoms with Crippen LogP contribution in [-0.2, 0) is 10.0 Å². The number of nitrogens with zero attached hydrogens (tertiary/aromatic N) is 1. The van der Waals surface area contributed by atoms with Gasteiger partial charge >= 0.3 is 0 Å². The van der Waals surface area contributed by atoms with E-state index < -0.39 is 10.0 Å². The topological polar surface area (TPSA) is 125 Å². The summed E-state index contributed by atoms with van der Waals surface area (Å²) in [5.74, 6) is 0.0543. The molecule has 1 aromatic heterocycles. The fraction of sp³-hybridized carbons (Fsp3) is 0.500. The van der Waals surface area contributed by atoms with Crippen LogP contribution in [0.2, 0.25) is 0 Å². The first-order valence-corrected chi connectivity index (χ1v) is 6.24. The highest BCUT2D eigenvalue weighted by Gasteiger charge is 2.17. The van der Waals surface area contributed by atoms with Crippen molar-refractivity contribution in [2.45, 2.75) is 24.7 Å². The van der Waals surface area contributed by atoms with E-state index in [2.05, 4.69) is 14.9 Å². The molecule has 0 amide bonds. The molecule has 0 radical (unpaired) electrons. The highest BCUT2D eigenvalue weighted by atomic mass is 32.2. The van der Waals surface area contributed by atoms with Crippen LogP contribution in [0.15, 0.2) is 11.1 Å². The van der Waals surface area contributed by atoms with E-state index in [0.717, 1.165) is 0 Å². The Kier molecular flexibility index (Phi) is 4.02. The molecule has 7 nitrogen and oxygen atoms in total. The number of nitrogens with two attached hydrogens (primary N) is 1. The van der Waals surface area contributed by atoms with Crippen LogP contribution in [0.3, 0.4) is 0 Å². The van der Waals surface area contributed by atoms with Crippen molar-refractivity contribution in [1.82, 2.24) is 14.9 Å². The van der Waals surface area contributed by atoms with Gasteiger partial charge in [0.05, 0.1) is 17.7 Å². The molecule has 0 aliphatic carbocycles. The Hall–Kier alpha value is -1.41. The number of H-pyrrole nitrogens is 1. The lowest BCUT2D eigenvalue weighted by Crippen LogP contribution is -2.26. The van der Waals surface area contributed by atoms with E-state index in [9.17, 15) is 8.42 Å². The second-order valence-electron chi connectivity index (χ2n) is 3.39. The molecule has 0 unspecified atom stereocenters. The SMILES string of the molecule is Cc1[nH]ncc1S(=O)(=O)NCCCC(=N)N. The summed E-state index contributed by atoms with van der Waals surface area (Å²) in [6.45, 7) is 1.89. The predicted molar refractivity (Wildman–Crippen MR) is 59.7 cm³/mol. The molecule has 0 atom stereocenters. The third-order valence-electron chi connectivity index (χ3n) is 1.99. The Morgan fingerprint density at radius 2 is 2.38 bits per heavy atom. The van der Waals surface area contributed by atoms with E-state index in [1.807, 2.05) is 0 Å². The molecule has 1 rings (SSSR count). The number of aryl methyl sites for hydroxylation is 1. The van der Waals surface area contributed by atoms with E-state index >= 15 is 0 Å². The van der Waals surface area contributed by atoms with Gasteiger partial charge in [0.2, 0.25) is 10.0 Å². The van der Waals surface area contributed by atoms with Crippen LogP contribution in [-0.4, -0.2) is 31.0 Å². The van der Waals surface area contributed by atoms with Gasteiger partial charge in [-0.05, 0) is 13.3 Å². The molecule has 0 aliphatic rings. The number of rotatable bonds is 6.